The number of nitrogens with zero attached hydrogens (tertiary/aromatic N) is 1. The molecule has 2 rings (SSSR count). The van der Waals surface area contributed by atoms with Gasteiger partial charge in [0.1, 0.15) is 5.75 Å². The van der Waals surface area contributed by atoms with E-state index in [9.17, 15) is 9.59 Å². The van der Waals surface area contributed by atoms with Gasteiger partial charge in [0.25, 0.3) is 5.91 Å². The van der Waals surface area contributed by atoms with Crippen molar-refractivity contribution in [2.45, 2.75) is 39.3 Å². The van der Waals surface area contributed by atoms with Crippen LogP contribution in [0, 0.1) is 5.92 Å². The summed E-state index contributed by atoms with van der Waals surface area (Å²) < 4.78 is 5.59. The van der Waals surface area contributed by atoms with Crippen LogP contribution < -0.4 is 4.74 Å². The Labute approximate surface area is 124 Å². The molecule has 5 nitrogen and oxygen atoms in total. The molecule has 1 aromatic carbocycles. The van der Waals surface area contributed by atoms with Gasteiger partial charge < -0.3 is 14.7 Å². The number of aliphatic carboxylic acids is 1. The first kappa shape index (κ1) is 15.4. The number of carbonyl (C=O) groups is 2. The molecule has 1 heterocycles. The summed E-state index contributed by atoms with van der Waals surface area (Å²) >= 11 is 0. The Balaban J connectivity index is 2.15. The van der Waals surface area contributed by atoms with Crippen LogP contribution in [-0.2, 0) is 4.79 Å². The van der Waals surface area contributed by atoms with Gasteiger partial charge in [0, 0.05) is 18.2 Å². The van der Waals surface area contributed by atoms with Crippen molar-refractivity contribution in [3.8, 4) is 5.75 Å². The van der Waals surface area contributed by atoms with Gasteiger partial charge in [-0.15, -0.1) is 0 Å². The molecule has 0 saturated carbocycles. The van der Waals surface area contributed by atoms with E-state index in [0.717, 1.165) is 0 Å². The van der Waals surface area contributed by atoms with E-state index in [4.69, 9.17) is 9.84 Å². The molecule has 5 heteroatoms. The highest BCUT2D eigenvalue weighted by Crippen LogP contribution is 2.27. The van der Waals surface area contributed by atoms with E-state index in [2.05, 4.69) is 0 Å². The summed E-state index contributed by atoms with van der Waals surface area (Å²) in [5.74, 6) is -0.809. The van der Waals surface area contributed by atoms with Gasteiger partial charge in [-0.05, 0) is 45.4 Å². The second-order valence-electron chi connectivity index (χ2n) is 5.67. The second kappa shape index (κ2) is 6.16. The van der Waals surface area contributed by atoms with Gasteiger partial charge in [-0.1, -0.05) is 6.07 Å². The molecule has 1 aliphatic heterocycles. The highest BCUT2D eigenvalue weighted by Gasteiger charge is 2.38. The van der Waals surface area contributed by atoms with Gasteiger partial charge in [0.2, 0.25) is 0 Å². The summed E-state index contributed by atoms with van der Waals surface area (Å²) in [4.78, 5) is 25.3. The van der Waals surface area contributed by atoms with E-state index in [1.807, 2.05) is 19.9 Å². The van der Waals surface area contributed by atoms with Crippen molar-refractivity contribution in [1.82, 2.24) is 4.90 Å². The summed E-state index contributed by atoms with van der Waals surface area (Å²) in [5, 5.41) is 9.14. The third kappa shape index (κ3) is 3.35. The minimum absolute atomic E-state index is 0.0393. The van der Waals surface area contributed by atoms with Gasteiger partial charge in [0.15, 0.2) is 0 Å². The molecule has 0 radical (unpaired) electrons. The quantitative estimate of drug-likeness (QED) is 0.925. The molecule has 2 unspecified atom stereocenters. The summed E-state index contributed by atoms with van der Waals surface area (Å²) in [6.07, 6.45) is 0.544. The maximum atomic E-state index is 12.5. The number of amides is 1. The molecule has 1 fully saturated rings. The molecule has 114 valence electrons. The number of ether oxygens (including phenoxy) is 1. The predicted octanol–water partition coefficient (Wildman–Crippen LogP) is 2.41. The maximum absolute atomic E-state index is 12.5. The first-order chi connectivity index (χ1) is 9.90. The van der Waals surface area contributed by atoms with Crippen molar-refractivity contribution in [2.75, 3.05) is 6.54 Å². The smallest absolute Gasteiger partial charge is 0.308 e. The first-order valence-corrected chi connectivity index (χ1v) is 7.20. The molecule has 0 aliphatic carbocycles. The molecule has 1 N–H and O–H groups in total. The number of carboxylic acids is 1. The number of hydrogen-bond donors (Lipinski definition) is 1. The minimum atomic E-state index is -0.838. The van der Waals surface area contributed by atoms with Gasteiger partial charge in [-0.3, -0.25) is 9.59 Å². The number of carboxylic acid groups (broad SMARTS) is 1. The molecule has 2 atom stereocenters. The third-order valence-corrected chi connectivity index (χ3v) is 3.79. The Hall–Kier alpha value is -2.04. The number of likely N-dealkylation sites (tertiary alicyclic amines) is 1. The molecule has 1 aliphatic rings. The largest absolute Gasteiger partial charge is 0.491 e. The number of benzene rings is 1. The van der Waals surface area contributed by atoms with Crippen LogP contribution in [0.3, 0.4) is 0 Å². The molecular weight excluding hydrogens is 270 g/mol. The highest BCUT2D eigenvalue weighted by atomic mass is 16.5. The lowest BCUT2D eigenvalue weighted by molar-refractivity contribution is -0.142. The van der Waals surface area contributed by atoms with Crippen molar-refractivity contribution in [2.24, 2.45) is 5.92 Å². The molecule has 0 spiro atoms. The molecule has 0 aromatic heterocycles. The van der Waals surface area contributed by atoms with Crippen LogP contribution in [0.25, 0.3) is 0 Å². The number of rotatable bonds is 4. The average Bonchev–Trinajstić information content (AvgIpc) is 2.79. The van der Waals surface area contributed by atoms with E-state index < -0.39 is 11.9 Å². The zero-order chi connectivity index (χ0) is 15.6. The monoisotopic (exact) mass is 291 g/mol. The van der Waals surface area contributed by atoms with E-state index in [0.29, 0.717) is 24.3 Å². The van der Waals surface area contributed by atoms with Crippen LogP contribution in [0.15, 0.2) is 24.3 Å². The lowest BCUT2D eigenvalue weighted by Crippen LogP contribution is -2.37. The van der Waals surface area contributed by atoms with Crippen molar-refractivity contribution in [3.63, 3.8) is 0 Å². The van der Waals surface area contributed by atoms with E-state index in [1.165, 1.54) is 0 Å². The third-order valence-electron chi connectivity index (χ3n) is 3.79. The second-order valence-corrected chi connectivity index (χ2v) is 5.67. The van der Waals surface area contributed by atoms with Crippen LogP contribution >= 0.6 is 0 Å². The molecule has 1 aromatic rings. The maximum Gasteiger partial charge on any atom is 0.308 e. The van der Waals surface area contributed by atoms with Crippen LogP contribution in [0.2, 0.25) is 0 Å². The zero-order valence-corrected chi connectivity index (χ0v) is 12.6. The lowest BCUT2D eigenvalue weighted by Gasteiger charge is -2.23. The number of carbonyl (C=O) groups excluding carboxylic acids is 1. The first-order valence-electron chi connectivity index (χ1n) is 7.20. The van der Waals surface area contributed by atoms with Crippen LogP contribution in [-0.4, -0.2) is 40.6 Å². The Morgan fingerprint density at radius 1 is 1.38 bits per heavy atom. The van der Waals surface area contributed by atoms with Crippen LogP contribution in [0.1, 0.15) is 37.6 Å². The van der Waals surface area contributed by atoms with Crippen molar-refractivity contribution >= 4 is 11.9 Å². The highest BCUT2D eigenvalue weighted by molar-refractivity contribution is 5.95. The Morgan fingerprint density at radius 2 is 2.10 bits per heavy atom. The van der Waals surface area contributed by atoms with Crippen LogP contribution in [0.5, 0.6) is 5.75 Å². The summed E-state index contributed by atoms with van der Waals surface area (Å²) in [6.45, 7) is 6.12. The summed E-state index contributed by atoms with van der Waals surface area (Å²) in [5.41, 5.74) is 0.533. The molecule has 1 amide bonds. The van der Waals surface area contributed by atoms with Crippen LogP contribution in [0.4, 0.5) is 0 Å². The average molecular weight is 291 g/mol. The van der Waals surface area contributed by atoms with E-state index in [1.54, 1.807) is 30.0 Å². The lowest BCUT2D eigenvalue weighted by atomic mass is 10.0. The number of hydrogen-bond acceptors (Lipinski definition) is 3. The van der Waals surface area contributed by atoms with Crippen molar-refractivity contribution in [1.29, 1.82) is 0 Å². The van der Waals surface area contributed by atoms with Gasteiger partial charge in [0.05, 0.1) is 12.0 Å². The Morgan fingerprint density at radius 3 is 2.67 bits per heavy atom. The molecule has 21 heavy (non-hydrogen) atoms. The van der Waals surface area contributed by atoms with Gasteiger partial charge in [-0.25, -0.2) is 0 Å². The van der Waals surface area contributed by atoms with E-state index >= 15 is 0 Å². The summed E-state index contributed by atoms with van der Waals surface area (Å²) in [6, 6.07) is 6.74. The fourth-order valence-electron chi connectivity index (χ4n) is 2.70. The van der Waals surface area contributed by atoms with Gasteiger partial charge in [-0.2, -0.15) is 0 Å². The standard InChI is InChI=1S/C16H21NO4/c1-10(2)21-13-6-4-5-12(9-13)15(18)17-8-7-14(11(17)3)16(19)20/h4-6,9-11,14H,7-8H2,1-3H3,(H,19,20). The SMILES string of the molecule is CC(C)Oc1cccc(C(=O)N2CCC(C(=O)O)C2C)c1. The Bertz CT molecular complexity index is 541. The molecule has 1 saturated heterocycles. The van der Waals surface area contributed by atoms with Crippen molar-refractivity contribution < 1.29 is 19.4 Å². The summed E-state index contributed by atoms with van der Waals surface area (Å²) in [7, 11) is 0. The zero-order valence-electron chi connectivity index (χ0n) is 12.6. The topological polar surface area (TPSA) is 66.8 Å². The Kier molecular flexibility index (Phi) is 4.50. The fraction of sp³-hybridized carbons (Fsp3) is 0.500. The minimum Gasteiger partial charge on any atom is -0.491 e. The molecule has 0 bridgehead atoms. The predicted molar refractivity (Wildman–Crippen MR) is 78.4 cm³/mol. The van der Waals surface area contributed by atoms with E-state index in [-0.39, 0.29) is 18.1 Å². The van der Waals surface area contributed by atoms with Crippen molar-refractivity contribution in [3.05, 3.63) is 29.8 Å². The normalized spacial score (nSPS) is 21.6. The van der Waals surface area contributed by atoms with Gasteiger partial charge >= 0.3 is 5.97 Å². The fourth-order valence-corrected chi connectivity index (χ4v) is 2.70. The molecular formula is C16H21NO4.